The first-order valence-electron chi connectivity index (χ1n) is 12.4. The first kappa shape index (κ1) is 26.9. The molecule has 0 saturated carbocycles. The van der Waals surface area contributed by atoms with Crippen molar-refractivity contribution in [1.82, 2.24) is 19.2 Å². The molecular weight excluding hydrogens is 531 g/mol. The fraction of sp³-hybridized carbons (Fsp3) is 0.259. The van der Waals surface area contributed by atoms with E-state index in [1.54, 1.807) is 42.6 Å². The summed E-state index contributed by atoms with van der Waals surface area (Å²) in [4.78, 5) is 39.8. The number of carboxylic acids is 1. The van der Waals surface area contributed by atoms with Crippen LogP contribution in [0, 0.1) is 0 Å². The van der Waals surface area contributed by atoms with Gasteiger partial charge in [0.2, 0.25) is 0 Å². The van der Waals surface area contributed by atoms with Crippen LogP contribution in [0.25, 0.3) is 16.5 Å². The topological polar surface area (TPSA) is 119 Å². The molecule has 2 N–H and O–H groups in total. The molecule has 0 bridgehead atoms. The maximum Gasteiger partial charge on any atom is 0.573 e. The molecule has 1 aliphatic heterocycles. The van der Waals surface area contributed by atoms with Crippen LogP contribution in [0.2, 0.25) is 0 Å². The van der Waals surface area contributed by atoms with Crippen molar-refractivity contribution in [2.24, 2.45) is 0 Å². The molecule has 13 heteroatoms. The highest BCUT2D eigenvalue weighted by Crippen LogP contribution is 2.25. The normalized spacial score (nSPS) is 15.8. The van der Waals surface area contributed by atoms with Crippen LogP contribution in [-0.4, -0.2) is 55.8 Å². The summed E-state index contributed by atoms with van der Waals surface area (Å²) in [6, 6.07) is 14.0. The van der Waals surface area contributed by atoms with Gasteiger partial charge in [-0.05, 0) is 61.9 Å². The predicted octanol–water partition coefficient (Wildman–Crippen LogP) is 3.74. The third-order valence-electron chi connectivity index (χ3n) is 6.67. The number of nitrogens with one attached hydrogen (secondary N) is 1. The highest BCUT2D eigenvalue weighted by Gasteiger charge is 2.31. The van der Waals surface area contributed by atoms with Gasteiger partial charge in [-0.15, -0.1) is 18.3 Å². The summed E-state index contributed by atoms with van der Waals surface area (Å²) in [7, 11) is 0. The van der Waals surface area contributed by atoms with Gasteiger partial charge < -0.3 is 19.7 Å². The van der Waals surface area contributed by atoms with Gasteiger partial charge in [-0.2, -0.15) is 4.68 Å². The van der Waals surface area contributed by atoms with Crippen molar-refractivity contribution in [2.75, 3.05) is 18.4 Å². The molecule has 0 aliphatic carbocycles. The molecule has 5 rings (SSSR count). The smallest absolute Gasteiger partial charge is 0.480 e. The van der Waals surface area contributed by atoms with Crippen molar-refractivity contribution in [3.8, 4) is 11.4 Å². The average molecular weight is 556 g/mol. The van der Waals surface area contributed by atoms with Crippen LogP contribution in [0.4, 0.5) is 24.7 Å². The molecule has 0 radical (unpaired) electrons. The number of likely N-dealkylation sites (tertiary alicyclic amines) is 1. The van der Waals surface area contributed by atoms with Gasteiger partial charge >= 0.3 is 12.3 Å². The predicted molar refractivity (Wildman–Crippen MR) is 140 cm³/mol. The number of alkyl halides is 3. The lowest BCUT2D eigenvalue weighted by molar-refractivity contribution is -0.274. The molecule has 10 nitrogen and oxygen atoms in total. The third kappa shape index (κ3) is 5.69. The molecule has 1 saturated heterocycles. The number of carbonyl (C=O) groups is 1. The van der Waals surface area contributed by atoms with Crippen LogP contribution in [0.1, 0.15) is 12.8 Å². The Morgan fingerprint density at radius 3 is 2.42 bits per heavy atom. The fourth-order valence-electron chi connectivity index (χ4n) is 4.79. The number of fused-ring (bicyclic) bond motifs is 1. The lowest BCUT2D eigenvalue weighted by Crippen LogP contribution is -2.39. The van der Waals surface area contributed by atoms with Gasteiger partial charge in [0.1, 0.15) is 17.5 Å². The number of aliphatic carboxylic acids is 1. The van der Waals surface area contributed by atoms with E-state index in [0.717, 1.165) is 23.2 Å². The second-order valence-electron chi connectivity index (χ2n) is 9.23. The second-order valence-corrected chi connectivity index (χ2v) is 9.23. The summed E-state index contributed by atoms with van der Waals surface area (Å²) in [5.74, 6) is -1.14. The Balaban J connectivity index is 1.46. The number of halogens is 3. The largest absolute Gasteiger partial charge is 0.573 e. The van der Waals surface area contributed by atoms with Crippen molar-refractivity contribution in [1.29, 1.82) is 0 Å². The number of ether oxygens (including phenoxy) is 1. The van der Waals surface area contributed by atoms with E-state index in [1.807, 2.05) is 4.90 Å². The minimum atomic E-state index is -4.86. The Bertz CT molecular complexity index is 1670. The van der Waals surface area contributed by atoms with E-state index in [9.17, 15) is 32.7 Å². The second kappa shape index (κ2) is 10.8. The summed E-state index contributed by atoms with van der Waals surface area (Å²) >= 11 is 0. The van der Waals surface area contributed by atoms with Gasteiger partial charge in [0.25, 0.3) is 11.1 Å². The Kier molecular flexibility index (Phi) is 7.30. The van der Waals surface area contributed by atoms with E-state index in [2.05, 4.69) is 15.2 Å². The zero-order valence-electron chi connectivity index (χ0n) is 21.0. The molecule has 1 atom stereocenters. The molecule has 0 spiro atoms. The molecule has 1 unspecified atom stereocenters. The molecule has 2 aromatic heterocycles. The van der Waals surface area contributed by atoms with Crippen molar-refractivity contribution < 1.29 is 27.8 Å². The van der Waals surface area contributed by atoms with Gasteiger partial charge in [-0.3, -0.25) is 19.3 Å². The van der Waals surface area contributed by atoms with E-state index >= 15 is 0 Å². The minimum absolute atomic E-state index is 0.176. The third-order valence-corrected chi connectivity index (χ3v) is 6.67. The first-order valence-corrected chi connectivity index (χ1v) is 12.4. The molecule has 2 aromatic carbocycles. The summed E-state index contributed by atoms with van der Waals surface area (Å²) in [6.07, 6.45) is -1.90. The van der Waals surface area contributed by atoms with Gasteiger partial charge in [0.05, 0.1) is 11.1 Å². The number of hydrogen-bond donors (Lipinski definition) is 2. The minimum Gasteiger partial charge on any atom is -0.480 e. The Hall–Kier alpha value is -4.65. The molecule has 1 fully saturated rings. The van der Waals surface area contributed by atoms with Crippen LogP contribution in [0.5, 0.6) is 5.75 Å². The van der Waals surface area contributed by atoms with E-state index in [1.165, 1.54) is 16.7 Å². The number of rotatable bonds is 8. The zero-order valence-corrected chi connectivity index (χ0v) is 21.0. The van der Waals surface area contributed by atoms with E-state index in [4.69, 9.17) is 0 Å². The average Bonchev–Trinajstić information content (AvgIpc) is 3.39. The maximum absolute atomic E-state index is 13.3. The van der Waals surface area contributed by atoms with Crippen LogP contribution in [0.3, 0.4) is 0 Å². The lowest BCUT2D eigenvalue weighted by Gasteiger charge is -2.21. The van der Waals surface area contributed by atoms with E-state index in [0.29, 0.717) is 24.9 Å². The van der Waals surface area contributed by atoms with Gasteiger partial charge in [0.15, 0.2) is 5.82 Å². The fourth-order valence-corrected chi connectivity index (χ4v) is 4.79. The molecule has 4 aromatic rings. The van der Waals surface area contributed by atoms with Crippen LogP contribution >= 0.6 is 0 Å². The lowest BCUT2D eigenvalue weighted by atomic mass is 10.2. The number of aromatic nitrogens is 3. The van der Waals surface area contributed by atoms with Gasteiger partial charge in [-0.25, -0.2) is 0 Å². The Labute approximate surface area is 224 Å². The molecular formula is C27H24F3N5O5. The standard InChI is InChI=1S/C27H24F3N5O5/c28-27(29,30)40-18-11-9-17(10-12-18)35-24(36)20-6-2-1-5-19(20)23(32-35)31-21-7-3-14-34(25(21)37)16-15-33-13-4-8-22(33)26(38)39/h1-3,5-7,9-12,14,22H,4,8,13,15-16H2,(H,31,32)(H,38,39). The van der Waals surface area contributed by atoms with Crippen molar-refractivity contribution >= 4 is 28.2 Å². The molecule has 3 heterocycles. The molecule has 0 amide bonds. The number of benzene rings is 2. The summed E-state index contributed by atoms with van der Waals surface area (Å²) in [5.41, 5.74) is -0.506. The first-order chi connectivity index (χ1) is 19.1. The Morgan fingerprint density at radius 2 is 1.73 bits per heavy atom. The van der Waals surface area contributed by atoms with Crippen LogP contribution in [0.15, 0.2) is 76.4 Å². The number of carboxylic acid groups (broad SMARTS) is 1. The molecule has 40 heavy (non-hydrogen) atoms. The maximum atomic E-state index is 13.3. The molecule has 208 valence electrons. The van der Waals surface area contributed by atoms with Crippen molar-refractivity contribution in [3.63, 3.8) is 0 Å². The Morgan fingerprint density at radius 1 is 1.00 bits per heavy atom. The summed E-state index contributed by atoms with van der Waals surface area (Å²) < 4.78 is 44.0. The monoisotopic (exact) mass is 555 g/mol. The molecule has 1 aliphatic rings. The van der Waals surface area contributed by atoms with Crippen molar-refractivity contribution in [2.45, 2.75) is 31.8 Å². The van der Waals surface area contributed by atoms with E-state index in [-0.39, 0.29) is 34.7 Å². The summed E-state index contributed by atoms with van der Waals surface area (Å²) in [6.45, 7) is 1.31. The van der Waals surface area contributed by atoms with Gasteiger partial charge in [0, 0.05) is 24.7 Å². The van der Waals surface area contributed by atoms with E-state index < -0.39 is 29.7 Å². The SMILES string of the molecule is O=C(O)C1CCCN1CCn1cccc(Nc2nn(-c3ccc(OC(F)(F)F)cc3)c(=O)c3ccccc23)c1=O. The number of pyridine rings is 1. The number of nitrogens with zero attached hydrogens (tertiary/aromatic N) is 4. The van der Waals surface area contributed by atoms with Crippen LogP contribution < -0.4 is 21.2 Å². The van der Waals surface area contributed by atoms with Crippen molar-refractivity contribution in [3.05, 3.63) is 87.6 Å². The zero-order chi connectivity index (χ0) is 28.4. The summed E-state index contributed by atoms with van der Waals surface area (Å²) in [5, 5.41) is 17.5. The van der Waals surface area contributed by atoms with Gasteiger partial charge in [-0.1, -0.05) is 18.2 Å². The highest BCUT2D eigenvalue weighted by molar-refractivity contribution is 5.92. The number of anilines is 2. The number of hydrogen-bond acceptors (Lipinski definition) is 7. The van der Waals surface area contributed by atoms with Crippen LogP contribution in [-0.2, 0) is 11.3 Å². The quantitative estimate of drug-likeness (QED) is 0.338. The highest BCUT2D eigenvalue weighted by atomic mass is 19.4.